The molecule has 0 aliphatic rings. The van der Waals surface area contributed by atoms with Crippen LogP contribution >= 0.6 is 0 Å². The fraction of sp³-hybridized carbons (Fsp3) is 0.500. The lowest BCUT2D eigenvalue weighted by Crippen LogP contribution is -2.17. The third-order valence-electron chi connectivity index (χ3n) is 3.10. The van der Waals surface area contributed by atoms with E-state index in [1.54, 1.807) is 6.20 Å². The highest BCUT2D eigenvalue weighted by atomic mass is 16.5. The molecule has 0 radical (unpaired) electrons. The third-order valence-corrected chi connectivity index (χ3v) is 3.10. The first-order chi connectivity index (χ1) is 9.17. The average Bonchev–Trinajstić information content (AvgIpc) is 2.81. The van der Waals surface area contributed by atoms with Crippen LogP contribution in [0.5, 0.6) is 0 Å². The molecule has 2 aromatic rings. The Hall–Kier alpha value is -1.91. The van der Waals surface area contributed by atoms with E-state index >= 15 is 0 Å². The summed E-state index contributed by atoms with van der Waals surface area (Å²) in [6.45, 7) is 6.23. The number of pyridine rings is 1. The lowest BCUT2D eigenvalue weighted by Gasteiger charge is -2.11. The van der Waals surface area contributed by atoms with E-state index in [1.165, 1.54) is 0 Å². The largest absolute Gasteiger partial charge is 0.465 e. The molecule has 0 saturated carbocycles. The van der Waals surface area contributed by atoms with Crippen LogP contribution < -0.4 is 0 Å². The van der Waals surface area contributed by atoms with Crippen molar-refractivity contribution in [1.29, 1.82) is 0 Å². The van der Waals surface area contributed by atoms with Crippen molar-refractivity contribution in [2.24, 2.45) is 0 Å². The number of hydrogen-bond donors (Lipinski definition) is 1. The molecule has 2 rings (SSSR count). The lowest BCUT2D eigenvalue weighted by atomic mass is 10.0. The Morgan fingerprint density at radius 2 is 2.26 bits per heavy atom. The number of nitrogens with one attached hydrogen (secondary N) is 1. The Bertz CT molecular complexity index is 577. The summed E-state index contributed by atoms with van der Waals surface area (Å²) in [6.07, 6.45) is 3.34. The molecule has 2 aromatic heterocycles. The molecule has 0 fully saturated rings. The molecule has 1 N–H and O–H groups in total. The monoisotopic (exact) mass is 261 g/mol. The molecule has 1 atom stereocenters. The SMILES string of the molecule is CCCC(C(=O)OCC)c1nc2nccc(C)c2[nH]1. The quantitative estimate of drug-likeness (QED) is 0.840. The molecule has 5 nitrogen and oxygen atoms in total. The first kappa shape index (κ1) is 13.5. The molecule has 2 heterocycles. The molecule has 5 heteroatoms. The maximum absolute atomic E-state index is 12.0. The van der Waals surface area contributed by atoms with Crippen molar-refractivity contribution in [2.45, 2.75) is 39.5 Å². The molecule has 0 aliphatic heterocycles. The molecular weight excluding hydrogens is 242 g/mol. The van der Waals surface area contributed by atoms with Gasteiger partial charge in [-0.05, 0) is 31.9 Å². The van der Waals surface area contributed by atoms with Gasteiger partial charge in [-0.15, -0.1) is 0 Å². The van der Waals surface area contributed by atoms with Crippen LogP contribution in [0.2, 0.25) is 0 Å². The van der Waals surface area contributed by atoms with Crippen LogP contribution in [0.1, 0.15) is 44.0 Å². The maximum Gasteiger partial charge on any atom is 0.316 e. The minimum Gasteiger partial charge on any atom is -0.465 e. The minimum absolute atomic E-state index is 0.221. The number of H-pyrrole nitrogens is 1. The van der Waals surface area contributed by atoms with Gasteiger partial charge in [0.15, 0.2) is 5.65 Å². The second-order valence-corrected chi connectivity index (χ2v) is 4.54. The van der Waals surface area contributed by atoms with E-state index in [2.05, 4.69) is 15.0 Å². The Morgan fingerprint density at radius 3 is 2.89 bits per heavy atom. The standard InChI is InChI=1S/C14H19N3O2/c1-4-6-10(14(18)19-5-2)12-16-11-9(3)7-8-15-13(11)17-12/h7-8,10H,4-6H2,1-3H3,(H,15,16,17). The van der Waals surface area contributed by atoms with Crippen LogP contribution in [0.15, 0.2) is 12.3 Å². The van der Waals surface area contributed by atoms with Crippen molar-refractivity contribution in [3.05, 3.63) is 23.7 Å². The van der Waals surface area contributed by atoms with E-state index in [-0.39, 0.29) is 11.9 Å². The van der Waals surface area contributed by atoms with Crippen LogP contribution in [0, 0.1) is 6.92 Å². The van der Waals surface area contributed by atoms with E-state index in [9.17, 15) is 4.79 Å². The summed E-state index contributed by atoms with van der Waals surface area (Å²) in [5, 5.41) is 0. The third kappa shape index (κ3) is 2.75. The molecule has 0 aliphatic carbocycles. The van der Waals surface area contributed by atoms with E-state index in [0.717, 1.165) is 23.9 Å². The van der Waals surface area contributed by atoms with Crippen molar-refractivity contribution in [1.82, 2.24) is 15.0 Å². The number of rotatable bonds is 5. The molecule has 0 saturated heterocycles. The zero-order chi connectivity index (χ0) is 13.8. The predicted octanol–water partition coefficient (Wildman–Crippen LogP) is 2.71. The number of aromatic nitrogens is 3. The van der Waals surface area contributed by atoms with Crippen LogP contribution in [0.4, 0.5) is 0 Å². The molecule has 1 unspecified atom stereocenters. The highest BCUT2D eigenvalue weighted by Gasteiger charge is 2.24. The molecule has 0 aromatic carbocycles. The number of imidazole rings is 1. The molecule has 0 spiro atoms. The van der Waals surface area contributed by atoms with Gasteiger partial charge in [0.25, 0.3) is 0 Å². The summed E-state index contributed by atoms with van der Waals surface area (Å²) in [5.74, 6) is 0.0942. The zero-order valence-electron chi connectivity index (χ0n) is 11.6. The number of carbonyl (C=O) groups is 1. The van der Waals surface area contributed by atoms with Gasteiger partial charge in [0.05, 0.1) is 12.1 Å². The normalized spacial score (nSPS) is 12.6. The van der Waals surface area contributed by atoms with Gasteiger partial charge in [-0.1, -0.05) is 13.3 Å². The van der Waals surface area contributed by atoms with E-state index in [1.807, 2.05) is 26.8 Å². The van der Waals surface area contributed by atoms with Gasteiger partial charge < -0.3 is 9.72 Å². The number of hydrogen-bond acceptors (Lipinski definition) is 4. The van der Waals surface area contributed by atoms with Gasteiger partial charge in [-0.2, -0.15) is 0 Å². The van der Waals surface area contributed by atoms with Crippen LogP contribution in [-0.4, -0.2) is 27.5 Å². The maximum atomic E-state index is 12.0. The van der Waals surface area contributed by atoms with Gasteiger partial charge >= 0.3 is 5.97 Å². The summed E-state index contributed by atoms with van der Waals surface area (Å²) < 4.78 is 5.12. The fourth-order valence-electron chi connectivity index (χ4n) is 2.12. The van der Waals surface area contributed by atoms with Crippen LogP contribution in [-0.2, 0) is 9.53 Å². The fourth-order valence-corrected chi connectivity index (χ4v) is 2.12. The van der Waals surface area contributed by atoms with Crippen molar-refractivity contribution >= 4 is 17.1 Å². The number of nitrogens with zero attached hydrogens (tertiary/aromatic N) is 2. The van der Waals surface area contributed by atoms with E-state index in [4.69, 9.17) is 4.74 Å². The smallest absolute Gasteiger partial charge is 0.316 e. The second-order valence-electron chi connectivity index (χ2n) is 4.54. The summed E-state index contributed by atoms with van der Waals surface area (Å²) >= 11 is 0. The van der Waals surface area contributed by atoms with Gasteiger partial charge in [-0.3, -0.25) is 4.79 Å². The Labute approximate surface area is 112 Å². The predicted molar refractivity (Wildman–Crippen MR) is 72.9 cm³/mol. The highest BCUT2D eigenvalue weighted by Crippen LogP contribution is 2.23. The zero-order valence-corrected chi connectivity index (χ0v) is 11.6. The topological polar surface area (TPSA) is 67.9 Å². The number of carbonyl (C=O) groups excluding carboxylic acids is 1. The molecular formula is C14H19N3O2. The summed E-state index contributed by atoms with van der Waals surface area (Å²) in [7, 11) is 0. The summed E-state index contributed by atoms with van der Waals surface area (Å²) in [5.41, 5.74) is 2.62. The van der Waals surface area contributed by atoms with Gasteiger partial charge in [-0.25, -0.2) is 9.97 Å². The highest BCUT2D eigenvalue weighted by molar-refractivity contribution is 5.80. The molecule has 0 bridgehead atoms. The van der Waals surface area contributed by atoms with Crippen molar-refractivity contribution < 1.29 is 9.53 Å². The number of aryl methyl sites for hydroxylation is 1. The van der Waals surface area contributed by atoms with Crippen LogP contribution in [0.3, 0.4) is 0 Å². The van der Waals surface area contributed by atoms with Crippen molar-refractivity contribution in [2.75, 3.05) is 6.61 Å². The van der Waals surface area contributed by atoms with Crippen LogP contribution in [0.25, 0.3) is 11.2 Å². The molecule has 102 valence electrons. The number of esters is 1. The van der Waals surface area contributed by atoms with Gasteiger partial charge in [0.2, 0.25) is 0 Å². The second kappa shape index (κ2) is 5.82. The van der Waals surface area contributed by atoms with Crippen molar-refractivity contribution in [3.63, 3.8) is 0 Å². The molecule has 19 heavy (non-hydrogen) atoms. The Morgan fingerprint density at radius 1 is 1.47 bits per heavy atom. The Kier molecular flexibility index (Phi) is 4.14. The number of aromatic amines is 1. The summed E-state index contributed by atoms with van der Waals surface area (Å²) in [4.78, 5) is 23.9. The lowest BCUT2D eigenvalue weighted by molar-refractivity contribution is -0.145. The van der Waals surface area contributed by atoms with Gasteiger partial charge in [0.1, 0.15) is 11.7 Å². The number of ether oxygens (including phenoxy) is 1. The molecule has 0 amide bonds. The van der Waals surface area contributed by atoms with E-state index < -0.39 is 0 Å². The average molecular weight is 261 g/mol. The van der Waals surface area contributed by atoms with E-state index in [0.29, 0.717) is 18.1 Å². The number of fused-ring (bicyclic) bond motifs is 1. The van der Waals surface area contributed by atoms with Gasteiger partial charge in [0, 0.05) is 6.20 Å². The van der Waals surface area contributed by atoms with Crippen molar-refractivity contribution in [3.8, 4) is 0 Å². The Balaban J connectivity index is 2.38. The first-order valence-corrected chi connectivity index (χ1v) is 6.65. The first-order valence-electron chi connectivity index (χ1n) is 6.65. The minimum atomic E-state index is -0.335. The summed E-state index contributed by atoms with van der Waals surface area (Å²) in [6, 6.07) is 1.92.